The average Bonchev–Trinajstić information content (AvgIpc) is 2.32. The van der Waals surface area contributed by atoms with E-state index < -0.39 is 23.9 Å². The van der Waals surface area contributed by atoms with Crippen LogP contribution in [0.15, 0.2) is 12.1 Å². The summed E-state index contributed by atoms with van der Waals surface area (Å²) in [5, 5.41) is 9.78. The maximum absolute atomic E-state index is 13.7. The SMILES string of the molecule is CCOC(=O)C(F)[C@H](N)c1cc(Cl)cc(Cl)c1O.Cl. The van der Waals surface area contributed by atoms with Gasteiger partial charge in [-0.05, 0) is 19.1 Å². The van der Waals surface area contributed by atoms with Gasteiger partial charge in [0.05, 0.1) is 17.7 Å². The standard InChI is InChI=1S/C11H12Cl2FNO3.ClH/c1-2-18-11(17)8(14)9(15)6-3-5(12)4-7(13)10(6)16;/h3-4,8-9,16H,2,15H2,1H3;1H/t8?,9-;/m1./s1. The van der Waals surface area contributed by atoms with Crippen molar-refractivity contribution < 1.29 is 19.0 Å². The Morgan fingerprint density at radius 3 is 2.63 bits per heavy atom. The molecular formula is C11H13Cl3FNO3. The van der Waals surface area contributed by atoms with E-state index in [1.54, 1.807) is 6.92 Å². The van der Waals surface area contributed by atoms with Crippen LogP contribution in [-0.2, 0) is 9.53 Å². The molecule has 2 atom stereocenters. The summed E-state index contributed by atoms with van der Waals surface area (Å²) in [7, 11) is 0. The molecule has 0 bridgehead atoms. The summed E-state index contributed by atoms with van der Waals surface area (Å²) in [4.78, 5) is 11.2. The Morgan fingerprint density at radius 2 is 2.11 bits per heavy atom. The summed E-state index contributed by atoms with van der Waals surface area (Å²) < 4.78 is 18.2. The molecule has 0 aliphatic carbocycles. The Morgan fingerprint density at radius 1 is 1.53 bits per heavy atom. The highest BCUT2D eigenvalue weighted by Crippen LogP contribution is 2.35. The number of carbonyl (C=O) groups excluding carboxylic acids is 1. The second-order valence-electron chi connectivity index (χ2n) is 3.51. The van der Waals surface area contributed by atoms with Crippen LogP contribution in [0.3, 0.4) is 0 Å². The molecule has 1 aromatic rings. The number of hydrogen-bond acceptors (Lipinski definition) is 4. The number of aromatic hydroxyl groups is 1. The Hall–Kier alpha value is -0.750. The van der Waals surface area contributed by atoms with Crippen LogP contribution in [0.2, 0.25) is 10.0 Å². The monoisotopic (exact) mass is 331 g/mol. The zero-order chi connectivity index (χ0) is 13.9. The van der Waals surface area contributed by atoms with Crippen LogP contribution in [0.1, 0.15) is 18.5 Å². The van der Waals surface area contributed by atoms with Crippen molar-refractivity contribution in [3.63, 3.8) is 0 Å². The molecule has 0 spiro atoms. The maximum atomic E-state index is 13.7. The molecule has 0 amide bonds. The minimum absolute atomic E-state index is 0. The first-order chi connectivity index (χ1) is 8.38. The minimum Gasteiger partial charge on any atom is -0.506 e. The first-order valence-electron chi connectivity index (χ1n) is 5.12. The minimum atomic E-state index is -2.11. The van der Waals surface area contributed by atoms with Crippen LogP contribution in [0.5, 0.6) is 5.75 Å². The van der Waals surface area contributed by atoms with Gasteiger partial charge in [-0.25, -0.2) is 9.18 Å². The lowest BCUT2D eigenvalue weighted by molar-refractivity contribution is -0.149. The second-order valence-corrected chi connectivity index (χ2v) is 4.35. The first kappa shape index (κ1) is 18.2. The highest BCUT2D eigenvalue weighted by molar-refractivity contribution is 6.35. The number of alkyl halides is 1. The smallest absolute Gasteiger partial charge is 0.342 e. The van der Waals surface area contributed by atoms with Crippen molar-refractivity contribution >= 4 is 41.6 Å². The number of phenols is 1. The van der Waals surface area contributed by atoms with Gasteiger partial charge in [0.2, 0.25) is 6.17 Å². The fraction of sp³-hybridized carbons (Fsp3) is 0.364. The number of esters is 1. The molecule has 0 aromatic heterocycles. The largest absolute Gasteiger partial charge is 0.506 e. The van der Waals surface area contributed by atoms with Gasteiger partial charge in [-0.2, -0.15) is 0 Å². The molecule has 19 heavy (non-hydrogen) atoms. The number of hydrogen-bond donors (Lipinski definition) is 2. The van der Waals surface area contributed by atoms with Crippen LogP contribution < -0.4 is 5.73 Å². The van der Waals surface area contributed by atoms with Crippen LogP contribution in [0.4, 0.5) is 4.39 Å². The molecule has 0 aliphatic heterocycles. The topological polar surface area (TPSA) is 72.5 Å². The third-order valence-corrected chi connectivity index (χ3v) is 2.75. The van der Waals surface area contributed by atoms with Crippen LogP contribution >= 0.6 is 35.6 Å². The second kappa shape index (κ2) is 7.75. The fourth-order valence-electron chi connectivity index (χ4n) is 1.37. The molecule has 4 nitrogen and oxygen atoms in total. The third kappa shape index (κ3) is 4.38. The van der Waals surface area contributed by atoms with Gasteiger partial charge in [0.25, 0.3) is 0 Å². The number of rotatable bonds is 4. The number of halogens is 4. The van der Waals surface area contributed by atoms with Crippen molar-refractivity contribution in [3.8, 4) is 5.75 Å². The maximum Gasteiger partial charge on any atom is 0.342 e. The van der Waals surface area contributed by atoms with Crippen molar-refractivity contribution in [1.29, 1.82) is 0 Å². The predicted molar refractivity (Wildman–Crippen MR) is 73.8 cm³/mol. The van der Waals surface area contributed by atoms with Crippen LogP contribution in [0.25, 0.3) is 0 Å². The van der Waals surface area contributed by atoms with E-state index in [0.717, 1.165) is 0 Å². The average molecular weight is 333 g/mol. The van der Waals surface area contributed by atoms with E-state index >= 15 is 0 Å². The number of phenolic OH excluding ortho intramolecular Hbond substituents is 1. The Balaban J connectivity index is 0.00000324. The van der Waals surface area contributed by atoms with Crippen molar-refractivity contribution in [2.24, 2.45) is 5.73 Å². The predicted octanol–water partition coefficient (Wildman–Crippen LogP) is 3.02. The summed E-state index contributed by atoms with van der Waals surface area (Å²) in [6.45, 7) is 1.58. The molecule has 0 heterocycles. The van der Waals surface area contributed by atoms with Crippen molar-refractivity contribution in [2.45, 2.75) is 19.1 Å². The molecule has 1 unspecified atom stereocenters. The van der Waals surface area contributed by atoms with E-state index in [1.165, 1.54) is 12.1 Å². The molecule has 3 N–H and O–H groups in total. The van der Waals surface area contributed by atoms with E-state index in [1.807, 2.05) is 0 Å². The van der Waals surface area contributed by atoms with E-state index in [-0.39, 0.29) is 34.6 Å². The molecule has 8 heteroatoms. The lowest BCUT2D eigenvalue weighted by Gasteiger charge is -2.17. The highest BCUT2D eigenvalue weighted by atomic mass is 35.5. The van der Waals surface area contributed by atoms with E-state index in [4.69, 9.17) is 28.9 Å². The van der Waals surface area contributed by atoms with Gasteiger partial charge in [0.15, 0.2) is 0 Å². The molecular weight excluding hydrogens is 319 g/mol. The number of carbonyl (C=O) groups is 1. The fourth-order valence-corrected chi connectivity index (χ4v) is 1.88. The molecule has 0 radical (unpaired) electrons. The molecule has 1 rings (SSSR count). The zero-order valence-electron chi connectivity index (χ0n) is 9.90. The van der Waals surface area contributed by atoms with Gasteiger partial charge in [0.1, 0.15) is 5.75 Å². The van der Waals surface area contributed by atoms with Gasteiger partial charge >= 0.3 is 5.97 Å². The third-order valence-electron chi connectivity index (χ3n) is 2.24. The van der Waals surface area contributed by atoms with Gasteiger partial charge in [-0.15, -0.1) is 12.4 Å². The van der Waals surface area contributed by atoms with Gasteiger partial charge in [-0.1, -0.05) is 23.2 Å². The van der Waals surface area contributed by atoms with Crippen molar-refractivity contribution in [1.82, 2.24) is 0 Å². The molecule has 108 valence electrons. The zero-order valence-corrected chi connectivity index (χ0v) is 12.2. The number of ether oxygens (including phenoxy) is 1. The van der Waals surface area contributed by atoms with E-state index in [2.05, 4.69) is 4.74 Å². The number of benzene rings is 1. The summed E-state index contributed by atoms with van der Waals surface area (Å²) >= 11 is 11.4. The van der Waals surface area contributed by atoms with E-state index in [9.17, 15) is 14.3 Å². The molecule has 1 aromatic carbocycles. The number of nitrogens with two attached hydrogens (primary N) is 1. The Labute approximate surface area is 126 Å². The lowest BCUT2D eigenvalue weighted by atomic mass is 10.0. The highest BCUT2D eigenvalue weighted by Gasteiger charge is 2.30. The lowest BCUT2D eigenvalue weighted by Crippen LogP contribution is -2.31. The van der Waals surface area contributed by atoms with Crippen LogP contribution in [0, 0.1) is 0 Å². The first-order valence-corrected chi connectivity index (χ1v) is 5.88. The normalized spacial score (nSPS) is 13.3. The Bertz CT molecular complexity index is 459. The summed E-state index contributed by atoms with van der Waals surface area (Å²) in [6.07, 6.45) is -2.11. The van der Waals surface area contributed by atoms with Crippen molar-refractivity contribution in [3.05, 3.63) is 27.7 Å². The summed E-state index contributed by atoms with van der Waals surface area (Å²) in [5.41, 5.74) is 5.51. The molecule has 0 saturated heterocycles. The van der Waals surface area contributed by atoms with Crippen LogP contribution in [-0.4, -0.2) is 23.9 Å². The Kier molecular flexibility index (Phi) is 7.44. The van der Waals surface area contributed by atoms with E-state index in [0.29, 0.717) is 0 Å². The van der Waals surface area contributed by atoms with Gasteiger partial charge in [0, 0.05) is 10.6 Å². The van der Waals surface area contributed by atoms with Gasteiger partial charge < -0.3 is 15.6 Å². The molecule has 0 aliphatic rings. The molecule has 0 fully saturated rings. The quantitative estimate of drug-likeness (QED) is 0.831. The van der Waals surface area contributed by atoms with Crippen molar-refractivity contribution in [2.75, 3.05) is 6.61 Å². The summed E-state index contributed by atoms with van der Waals surface area (Å²) in [5.74, 6) is -1.50. The summed E-state index contributed by atoms with van der Waals surface area (Å²) in [6, 6.07) is 1.13. The molecule has 0 saturated carbocycles. The van der Waals surface area contributed by atoms with Gasteiger partial charge in [-0.3, -0.25) is 0 Å².